The van der Waals surface area contributed by atoms with Gasteiger partial charge in [0.15, 0.2) is 0 Å². The van der Waals surface area contributed by atoms with Gasteiger partial charge in [0.25, 0.3) is 0 Å². The summed E-state index contributed by atoms with van der Waals surface area (Å²) in [6.45, 7) is 5.27. The van der Waals surface area contributed by atoms with Gasteiger partial charge in [0.05, 0.1) is 13.2 Å². The molecule has 1 aromatic rings. The molecule has 1 saturated carbocycles. The van der Waals surface area contributed by atoms with E-state index in [9.17, 15) is 5.11 Å². The molecule has 1 fully saturated rings. The van der Waals surface area contributed by atoms with Crippen LogP contribution in [-0.2, 0) is 0 Å². The molecule has 20 heavy (non-hydrogen) atoms. The lowest BCUT2D eigenvalue weighted by molar-refractivity contribution is 0.147. The van der Waals surface area contributed by atoms with Crippen molar-refractivity contribution < 1.29 is 9.84 Å². The van der Waals surface area contributed by atoms with Gasteiger partial charge >= 0.3 is 0 Å². The number of hydrogen-bond donors (Lipinski definition) is 2. The third-order valence-corrected chi connectivity index (χ3v) is 4.28. The molecule has 3 heteroatoms. The Bertz CT molecular complexity index is 431. The number of ether oxygens (including phenoxy) is 1. The average molecular weight is 277 g/mol. The number of benzene rings is 1. The third kappa shape index (κ3) is 4.22. The molecule has 0 radical (unpaired) electrons. The first-order valence-electron chi connectivity index (χ1n) is 7.55. The van der Waals surface area contributed by atoms with Crippen molar-refractivity contribution in [2.45, 2.75) is 51.7 Å². The number of methoxy groups -OCH3 is 1. The van der Waals surface area contributed by atoms with Crippen LogP contribution in [0.3, 0.4) is 0 Å². The van der Waals surface area contributed by atoms with E-state index in [1.165, 1.54) is 25.7 Å². The van der Waals surface area contributed by atoms with Crippen molar-refractivity contribution in [3.8, 4) is 5.75 Å². The van der Waals surface area contributed by atoms with Gasteiger partial charge < -0.3 is 15.2 Å². The van der Waals surface area contributed by atoms with Gasteiger partial charge in [-0.25, -0.2) is 0 Å². The Hall–Kier alpha value is -1.06. The molecule has 1 aliphatic carbocycles. The van der Waals surface area contributed by atoms with E-state index in [0.29, 0.717) is 18.0 Å². The fraction of sp³-hybridized carbons (Fsp3) is 0.647. The number of nitrogens with one attached hydrogen (secondary N) is 1. The maximum absolute atomic E-state index is 10.3. The van der Waals surface area contributed by atoms with Crippen LogP contribution >= 0.6 is 0 Å². The molecule has 3 nitrogen and oxygen atoms in total. The second-order valence-corrected chi connectivity index (χ2v) is 6.66. The quantitative estimate of drug-likeness (QED) is 0.868. The Morgan fingerprint density at radius 3 is 2.95 bits per heavy atom. The zero-order chi connectivity index (χ0) is 14.6. The van der Waals surface area contributed by atoms with Crippen molar-refractivity contribution in [2.24, 2.45) is 5.41 Å². The van der Waals surface area contributed by atoms with E-state index < -0.39 is 6.10 Å². The average Bonchev–Trinajstić information content (AvgIpc) is 2.44. The van der Waals surface area contributed by atoms with E-state index in [1.807, 2.05) is 24.3 Å². The lowest BCUT2D eigenvalue weighted by atomic mass is 9.75. The van der Waals surface area contributed by atoms with Gasteiger partial charge in [-0.3, -0.25) is 0 Å². The summed E-state index contributed by atoms with van der Waals surface area (Å²) < 4.78 is 5.20. The maximum atomic E-state index is 10.3. The van der Waals surface area contributed by atoms with Gasteiger partial charge in [0.1, 0.15) is 5.75 Å². The monoisotopic (exact) mass is 277 g/mol. The molecule has 0 saturated heterocycles. The van der Waals surface area contributed by atoms with Crippen LogP contribution < -0.4 is 10.1 Å². The summed E-state index contributed by atoms with van der Waals surface area (Å²) in [5, 5.41) is 13.8. The highest BCUT2D eigenvalue weighted by atomic mass is 16.5. The van der Waals surface area contributed by atoms with Crippen molar-refractivity contribution in [1.82, 2.24) is 5.32 Å². The summed E-state index contributed by atoms with van der Waals surface area (Å²) in [5.74, 6) is 0.792. The Labute approximate surface area is 122 Å². The Kier molecular flexibility index (Phi) is 5.06. The van der Waals surface area contributed by atoms with Crippen LogP contribution in [0, 0.1) is 5.41 Å². The molecule has 0 heterocycles. The molecular weight excluding hydrogens is 250 g/mol. The molecule has 0 spiro atoms. The minimum atomic E-state index is -0.477. The summed E-state index contributed by atoms with van der Waals surface area (Å²) in [6.07, 6.45) is 4.52. The zero-order valence-electron chi connectivity index (χ0n) is 12.9. The van der Waals surface area contributed by atoms with Gasteiger partial charge in [-0.15, -0.1) is 0 Å². The van der Waals surface area contributed by atoms with Crippen LogP contribution in [0.25, 0.3) is 0 Å². The molecule has 2 atom stereocenters. The number of aliphatic hydroxyl groups is 1. The van der Waals surface area contributed by atoms with Crippen molar-refractivity contribution in [3.05, 3.63) is 29.8 Å². The summed E-state index contributed by atoms with van der Waals surface area (Å²) in [4.78, 5) is 0. The minimum absolute atomic E-state index is 0.427. The van der Waals surface area contributed by atoms with Crippen molar-refractivity contribution in [2.75, 3.05) is 13.7 Å². The highest BCUT2D eigenvalue weighted by Gasteiger charge is 2.27. The van der Waals surface area contributed by atoms with Crippen LogP contribution in [0.5, 0.6) is 5.75 Å². The van der Waals surface area contributed by atoms with Gasteiger partial charge in [0.2, 0.25) is 0 Å². The molecule has 2 unspecified atom stereocenters. The van der Waals surface area contributed by atoms with Gasteiger partial charge in [-0.2, -0.15) is 0 Å². The van der Waals surface area contributed by atoms with Crippen LogP contribution in [0.15, 0.2) is 24.3 Å². The molecule has 0 amide bonds. The highest BCUT2D eigenvalue weighted by molar-refractivity contribution is 5.29. The number of rotatable bonds is 5. The lowest BCUT2D eigenvalue weighted by Crippen LogP contribution is -2.39. The topological polar surface area (TPSA) is 41.5 Å². The number of hydrogen-bond acceptors (Lipinski definition) is 3. The van der Waals surface area contributed by atoms with Crippen molar-refractivity contribution in [1.29, 1.82) is 0 Å². The standard InChI is InChI=1S/C17H27NO2/c1-17(2)9-5-7-14(11-17)18-12-16(19)13-6-4-8-15(10-13)20-3/h4,6,8,10,14,16,18-19H,5,7,9,11-12H2,1-3H3. The van der Waals surface area contributed by atoms with E-state index in [2.05, 4.69) is 19.2 Å². The lowest BCUT2D eigenvalue weighted by Gasteiger charge is -2.36. The summed E-state index contributed by atoms with van der Waals surface area (Å²) >= 11 is 0. The zero-order valence-corrected chi connectivity index (χ0v) is 12.9. The molecule has 1 aromatic carbocycles. The Morgan fingerprint density at radius 2 is 2.25 bits per heavy atom. The first-order valence-corrected chi connectivity index (χ1v) is 7.55. The number of aliphatic hydroxyl groups excluding tert-OH is 1. The van der Waals surface area contributed by atoms with E-state index in [4.69, 9.17) is 4.74 Å². The Balaban J connectivity index is 1.86. The summed E-state index contributed by atoms with van der Waals surface area (Å²) in [7, 11) is 1.65. The van der Waals surface area contributed by atoms with Gasteiger partial charge in [-0.1, -0.05) is 32.4 Å². The molecular formula is C17H27NO2. The molecule has 1 aliphatic rings. The van der Waals surface area contributed by atoms with E-state index in [1.54, 1.807) is 7.11 Å². The van der Waals surface area contributed by atoms with Crippen molar-refractivity contribution in [3.63, 3.8) is 0 Å². The first kappa shape index (κ1) is 15.3. The second-order valence-electron chi connectivity index (χ2n) is 6.66. The van der Waals surface area contributed by atoms with Crippen LogP contribution in [0.4, 0.5) is 0 Å². The fourth-order valence-corrected chi connectivity index (χ4v) is 3.12. The smallest absolute Gasteiger partial charge is 0.119 e. The second kappa shape index (κ2) is 6.59. The molecule has 112 valence electrons. The molecule has 0 aromatic heterocycles. The molecule has 2 rings (SSSR count). The SMILES string of the molecule is COc1cccc(C(O)CNC2CCCC(C)(C)C2)c1. The molecule has 2 N–H and O–H groups in total. The van der Waals surface area contributed by atoms with Crippen LogP contribution in [0.1, 0.15) is 51.2 Å². The van der Waals surface area contributed by atoms with E-state index >= 15 is 0 Å². The fourth-order valence-electron chi connectivity index (χ4n) is 3.12. The summed E-state index contributed by atoms with van der Waals surface area (Å²) in [6, 6.07) is 8.18. The summed E-state index contributed by atoms with van der Waals surface area (Å²) in [5.41, 5.74) is 1.34. The van der Waals surface area contributed by atoms with E-state index in [-0.39, 0.29) is 0 Å². The van der Waals surface area contributed by atoms with Crippen LogP contribution in [0.2, 0.25) is 0 Å². The molecule has 0 aliphatic heterocycles. The third-order valence-electron chi connectivity index (χ3n) is 4.28. The van der Waals surface area contributed by atoms with Crippen LogP contribution in [-0.4, -0.2) is 24.8 Å². The largest absolute Gasteiger partial charge is 0.497 e. The minimum Gasteiger partial charge on any atom is -0.497 e. The molecule has 0 bridgehead atoms. The van der Waals surface area contributed by atoms with Gasteiger partial charge in [-0.05, 0) is 42.4 Å². The predicted octanol–water partition coefficient (Wildman–Crippen LogP) is 3.29. The Morgan fingerprint density at radius 1 is 1.45 bits per heavy atom. The van der Waals surface area contributed by atoms with Gasteiger partial charge in [0, 0.05) is 12.6 Å². The highest BCUT2D eigenvalue weighted by Crippen LogP contribution is 2.35. The van der Waals surface area contributed by atoms with E-state index in [0.717, 1.165) is 11.3 Å². The van der Waals surface area contributed by atoms with Crippen molar-refractivity contribution >= 4 is 0 Å². The maximum Gasteiger partial charge on any atom is 0.119 e. The predicted molar refractivity (Wildman–Crippen MR) is 82.0 cm³/mol. The first-order chi connectivity index (χ1) is 9.50. The normalized spacial score (nSPS) is 23.3.